The molecule has 0 saturated carbocycles. The first-order valence-corrected chi connectivity index (χ1v) is 9.61. The number of hydrogen-bond donors (Lipinski definition) is 0. The van der Waals surface area contributed by atoms with E-state index in [0.29, 0.717) is 5.56 Å². The molecule has 1 aliphatic heterocycles. The molecule has 1 aliphatic rings. The second-order valence-electron chi connectivity index (χ2n) is 7.51. The number of allylic oxidation sites excluding steroid dienone is 1. The summed E-state index contributed by atoms with van der Waals surface area (Å²) < 4.78 is 2.23. The normalized spacial score (nSPS) is 15.1. The van der Waals surface area contributed by atoms with E-state index < -0.39 is 0 Å². The lowest BCUT2D eigenvalue weighted by atomic mass is 9.80. The van der Waals surface area contributed by atoms with Crippen LogP contribution in [0.5, 0.6) is 0 Å². The van der Waals surface area contributed by atoms with Crippen LogP contribution in [0.4, 0.5) is 11.4 Å². The molecule has 0 bridgehead atoms. The maximum atomic E-state index is 9.23. The highest BCUT2D eigenvalue weighted by atomic mass is 15.1. The third-order valence-corrected chi connectivity index (χ3v) is 5.62. The Balaban J connectivity index is 1.89. The van der Waals surface area contributed by atoms with Crippen molar-refractivity contribution in [3.8, 4) is 6.07 Å². The third kappa shape index (κ3) is 3.40. The Bertz CT molecular complexity index is 937. The molecule has 0 spiro atoms. The molecule has 2 aromatic carbocycles. The van der Waals surface area contributed by atoms with E-state index in [1.165, 1.54) is 28.2 Å². The average molecular weight is 359 g/mol. The van der Waals surface area contributed by atoms with E-state index in [1.54, 1.807) is 0 Å². The van der Waals surface area contributed by atoms with Gasteiger partial charge in [0.2, 0.25) is 5.69 Å². The van der Waals surface area contributed by atoms with Gasteiger partial charge in [0.15, 0.2) is 5.71 Å². The molecule has 0 N–H and O–H groups in total. The summed E-state index contributed by atoms with van der Waals surface area (Å²) >= 11 is 0. The maximum Gasteiger partial charge on any atom is 0.209 e. The maximum absolute atomic E-state index is 9.23. The largest absolute Gasteiger partial charge is 0.372 e. The highest BCUT2D eigenvalue weighted by molar-refractivity contribution is 6.05. The molecule has 0 aromatic heterocycles. The van der Waals surface area contributed by atoms with Crippen LogP contribution < -0.4 is 4.90 Å². The Morgan fingerprint density at radius 1 is 1.04 bits per heavy atom. The van der Waals surface area contributed by atoms with Gasteiger partial charge in [-0.25, -0.2) is 0 Å². The highest BCUT2D eigenvalue weighted by Gasteiger charge is 2.42. The number of benzene rings is 2. The summed E-state index contributed by atoms with van der Waals surface area (Å²) in [5.41, 5.74) is 6.66. The van der Waals surface area contributed by atoms with Gasteiger partial charge in [0.25, 0.3) is 0 Å². The van der Waals surface area contributed by atoms with E-state index in [1.807, 2.05) is 12.1 Å². The van der Waals surface area contributed by atoms with Gasteiger partial charge in [-0.2, -0.15) is 9.84 Å². The predicted molar refractivity (Wildman–Crippen MR) is 114 cm³/mol. The fourth-order valence-electron chi connectivity index (χ4n) is 3.97. The predicted octanol–water partition coefficient (Wildman–Crippen LogP) is 5.12. The van der Waals surface area contributed by atoms with Gasteiger partial charge in [-0.1, -0.05) is 12.1 Å². The van der Waals surface area contributed by atoms with Crippen molar-refractivity contribution in [1.29, 1.82) is 5.26 Å². The molecule has 0 aliphatic carbocycles. The molecule has 3 heteroatoms. The fraction of sp³-hybridized carbons (Fsp3) is 0.333. The van der Waals surface area contributed by atoms with Gasteiger partial charge in [-0.05, 0) is 63.6 Å². The highest BCUT2D eigenvalue weighted by Crippen LogP contribution is 2.39. The van der Waals surface area contributed by atoms with Crippen LogP contribution in [0.1, 0.15) is 44.4 Å². The lowest BCUT2D eigenvalue weighted by Crippen LogP contribution is -2.26. The van der Waals surface area contributed by atoms with Gasteiger partial charge in [0.1, 0.15) is 7.05 Å². The van der Waals surface area contributed by atoms with Crippen molar-refractivity contribution in [2.24, 2.45) is 0 Å². The van der Waals surface area contributed by atoms with Gasteiger partial charge in [-0.15, -0.1) is 0 Å². The van der Waals surface area contributed by atoms with Crippen LogP contribution in [0.25, 0.3) is 6.08 Å². The number of nitriles is 1. The third-order valence-electron chi connectivity index (χ3n) is 5.62. The first-order valence-electron chi connectivity index (χ1n) is 9.61. The van der Waals surface area contributed by atoms with Crippen molar-refractivity contribution >= 4 is 23.2 Å². The molecule has 27 heavy (non-hydrogen) atoms. The van der Waals surface area contributed by atoms with Gasteiger partial charge in [0, 0.05) is 36.5 Å². The van der Waals surface area contributed by atoms with Crippen LogP contribution in [0.3, 0.4) is 0 Å². The van der Waals surface area contributed by atoms with Crippen molar-refractivity contribution in [3.05, 3.63) is 65.2 Å². The second-order valence-corrected chi connectivity index (χ2v) is 7.51. The van der Waals surface area contributed by atoms with Crippen LogP contribution in [0.2, 0.25) is 0 Å². The Kier molecular flexibility index (Phi) is 5.19. The van der Waals surface area contributed by atoms with Crippen molar-refractivity contribution < 1.29 is 4.58 Å². The number of fused-ring (bicyclic) bond motifs is 1. The Labute approximate surface area is 162 Å². The Morgan fingerprint density at radius 3 is 2.30 bits per heavy atom. The minimum Gasteiger partial charge on any atom is -0.372 e. The topological polar surface area (TPSA) is 30.0 Å². The first kappa shape index (κ1) is 18.9. The molecule has 3 nitrogen and oxygen atoms in total. The SMILES string of the molecule is CCN(CC)c1ccc(/C=C/C2=[N+](C)c3ccc(C#N)cc3C2(C)C)cc1. The summed E-state index contributed by atoms with van der Waals surface area (Å²) in [6.07, 6.45) is 4.38. The van der Waals surface area contributed by atoms with E-state index in [2.05, 4.69) is 92.8 Å². The van der Waals surface area contributed by atoms with Crippen LogP contribution in [0, 0.1) is 11.3 Å². The number of nitrogens with zero attached hydrogens (tertiary/aromatic N) is 3. The molecule has 0 saturated heterocycles. The smallest absolute Gasteiger partial charge is 0.209 e. The van der Waals surface area contributed by atoms with Crippen molar-refractivity contribution in [1.82, 2.24) is 0 Å². The lowest BCUT2D eigenvalue weighted by Gasteiger charge is -2.20. The van der Waals surface area contributed by atoms with E-state index >= 15 is 0 Å². The average Bonchev–Trinajstić information content (AvgIpc) is 2.87. The summed E-state index contributed by atoms with van der Waals surface area (Å²) in [7, 11) is 2.10. The van der Waals surface area contributed by atoms with E-state index in [4.69, 9.17) is 0 Å². The molecule has 0 atom stereocenters. The summed E-state index contributed by atoms with van der Waals surface area (Å²) in [6.45, 7) is 10.8. The van der Waals surface area contributed by atoms with Gasteiger partial charge in [0.05, 0.1) is 17.0 Å². The van der Waals surface area contributed by atoms with Crippen molar-refractivity contribution in [2.75, 3.05) is 25.0 Å². The zero-order valence-electron chi connectivity index (χ0n) is 17.0. The summed E-state index contributed by atoms with van der Waals surface area (Å²) in [6, 6.07) is 16.9. The van der Waals surface area contributed by atoms with Crippen molar-refractivity contribution in [2.45, 2.75) is 33.1 Å². The Morgan fingerprint density at radius 2 is 1.70 bits per heavy atom. The van der Waals surface area contributed by atoms with Gasteiger partial charge < -0.3 is 4.90 Å². The molecule has 138 valence electrons. The van der Waals surface area contributed by atoms with Crippen LogP contribution in [-0.4, -0.2) is 30.4 Å². The monoisotopic (exact) mass is 358 g/mol. The Hall–Kier alpha value is -2.86. The zero-order chi connectivity index (χ0) is 19.6. The van der Waals surface area contributed by atoms with Crippen molar-refractivity contribution in [3.63, 3.8) is 0 Å². The van der Waals surface area contributed by atoms with E-state index in [0.717, 1.165) is 13.1 Å². The fourth-order valence-corrected chi connectivity index (χ4v) is 3.97. The van der Waals surface area contributed by atoms with Gasteiger partial charge in [-0.3, -0.25) is 0 Å². The molecule has 0 amide bonds. The molecule has 0 unspecified atom stereocenters. The summed E-state index contributed by atoms with van der Waals surface area (Å²) in [4.78, 5) is 2.35. The quantitative estimate of drug-likeness (QED) is 0.694. The first-order chi connectivity index (χ1) is 12.9. The second kappa shape index (κ2) is 7.40. The van der Waals surface area contributed by atoms with Gasteiger partial charge >= 0.3 is 0 Å². The van der Waals surface area contributed by atoms with E-state index in [-0.39, 0.29) is 5.41 Å². The molecule has 0 fully saturated rings. The lowest BCUT2D eigenvalue weighted by molar-refractivity contribution is -0.401. The van der Waals surface area contributed by atoms with Crippen LogP contribution in [-0.2, 0) is 5.41 Å². The van der Waals surface area contributed by atoms with E-state index in [9.17, 15) is 5.26 Å². The summed E-state index contributed by atoms with van der Waals surface area (Å²) in [5, 5.41) is 9.23. The number of anilines is 1. The minimum atomic E-state index is -0.130. The zero-order valence-corrected chi connectivity index (χ0v) is 17.0. The number of rotatable bonds is 5. The minimum absolute atomic E-state index is 0.130. The summed E-state index contributed by atoms with van der Waals surface area (Å²) in [5.74, 6) is 0. The van der Waals surface area contributed by atoms with Crippen LogP contribution in [0.15, 0.2) is 48.5 Å². The number of hydrogen-bond acceptors (Lipinski definition) is 2. The molecule has 1 heterocycles. The molecule has 3 rings (SSSR count). The molecule has 2 aromatic rings. The van der Waals surface area contributed by atoms with Crippen LogP contribution >= 0.6 is 0 Å². The molecular formula is C24H28N3+. The molecular weight excluding hydrogens is 330 g/mol. The standard InChI is InChI=1S/C24H28N3/c1-6-27(7-2)20-12-8-18(9-13-20)11-15-23-24(3,4)21-16-19(17-25)10-14-22(21)26(23)5/h8-16H,6-7H2,1-5H3/q+1. The molecule has 0 radical (unpaired) electrons.